The summed E-state index contributed by atoms with van der Waals surface area (Å²) in [7, 11) is 1.78. The Morgan fingerprint density at radius 2 is 2.12 bits per heavy atom. The van der Waals surface area contributed by atoms with Crippen molar-refractivity contribution in [3.05, 3.63) is 0 Å². The van der Waals surface area contributed by atoms with Crippen LogP contribution in [0.1, 0.15) is 46.0 Å². The highest BCUT2D eigenvalue weighted by molar-refractivity contribution is 5.76. The number of hydrogen-bond acceptors (Lipinski definition) is 2. The van der Waals surface area contributed by atoms with Crippen LogP contribution >= 0.6 is 0 Å². The molecule has 0 atom stereocenters. The molecule has 0 N–H and O–H groups in total. The minimum Gasteiger partial charge on any atom is -0.381 e. The summed E-state index contributed by atoms with van der Waals surface area (Å²) in [5, 5.41) is 0. The fraction of sp³-hybridized carbons (Fsp3) is 0.929. The Morgan fingerprint density at radius 3 is 2.65 bits per heavy atom. The maximum absolute atomic E-state index is 12.0. The van der Waals surface area contributed by atoms with Gasteiger partial charge in [0.25, 0.3) is 0 Å². The molecule has 3 heteroatoms. The van der Waals surface area contributed by atoms with E-state index < -0.39 is 0 Å². The van der Waals surface area contributed by atoms with Crippen LogP contribution in [0, 0.1) is 11.3 Å². The third kappa shape index (κ3) is 3.21. The molecule has 0 aromatic heterocycles. The number of methoxy groups -OCH3 is 1. The molecule has 98 valence electrons. The van der Waals surface area contributed by atoms with E-state index in [9.17, 15) is 4.79 Å². The topological polar surface area (TPSA) is 29.5 Å². The number of carbonyl (C=O) groups is 1. The number of likely N-dealkylation sites (tertiary alicyclic amines) is 1. The van der Waals surface area contributed by atoms with Gasteiger partial charge in [-0.15, -0.1) is 0 Å². The number of amides is 1. The van der Waals surface area contributed by atoms with Crippen molar-refractivity contribution in [2.45, 2.75) is 52.1 Å². The molecular formula is C14H25NO2. The molecular weight excluding hydrogens is 214 g/mol. The zero-order valence-electron chi connectivity index (χ0n) is 11.4. The van der Waals surface area contributed by atoms with Crippen molar-refractivity contribution >= 4 is 5.91 Å². The number of carbonyl (C=O) groups excluding carboxylic acids is 1. The minimum absolute atomic E-state index is 0.327. The average Bonchev–Trinajstić information content (AvgIpc) is 2.56. The van der Waals surface area contributed by atoms with Crippen molar-refractivity contribution in [1.82, 2.24) is 4.90 Å². The highest BCUT2D eigenvalue weighted by Gasteiger charge is 2.33. The molecule has 0 bridgehead atoms. The van der Waals surface area contributed by atoms with Crippen molar-refractivity contribution in [3.8, 4) is 0 Å². The third-order valence-corrected chi connectivity index (χ3v) is 4.32. The maximum atomic E-state index is 12.0. The van der Waals surface area contributed by atoms with Crippen LogP contribution in [0.4, 0.5) is 0 Å². The summed E-state index contributed by atoms with van der Waals surface area (Å²) in [6, 6.07) is 0. The Morgan fingerprint density at radius 1 is 1.41 bits per heavy atom. The maximum Gasteiger partial charge on any atom is 0.222 e. The summed E-state index contributed by atoms with van der Waals surface area (Å²) in [4.78, 5) is 14.1. The molecule has 1 saturated heterocycles. The van der Waals surface area contributed by atoms with Gasteiger partial charge in [-0.3, -0.25) is 4.79 Å². The summed E-state index contributed by atoms with van der Waals surface area (Å²) >= 11 is 0. The lowest BCUT2D eigenvalue weighted by Gasteiger charge is -2.34. The Balaban J connectivity index is 1.65. The number of nitrogens with zero attached hydrogens (tertiary/aromatic N) is 1. The van der Waals surface area contributed by atoms with E-state index in [2.05, 4.69) is 13.8 Å². The molecule has 2 aliphatic rings. The van der Waals surface area contributed by atoms with Gasteiger partial charge in [0, 0.05) is 26.6 Å². The standard InChI is InChI=1S/C14H25NO2/c1-14(2)6-7-15(10-14)13(16)5-4-11-8-12(9-11)17-3/h11-12H,4-10H2,1-3H3. The monoisotopic (exact) mass is 239 g/mol. The minimum atomic E-state index is 0.327. The summed E-state index contributed by atoms with van der Waals surface area (Å²) in [6.07, 6.45) is 5.69. The average molecular weight is 239 g/mol. The number of ether oxygens (including phenoxy) is 1. The van der Waals surface area contributed by atoms with E-state index in [1.807, 2.05) is 4.90 Å². The molecule has 0 aromatic rings. The smallest absolute Gasteiger partial charge is 0.222 e. The molecule has 17 heavy (non-hydrogen) atoms. The van der Waals surface area contributed by atoms with Crippen LogP contribution in [0.5, 0.6) is 0 Å². The Bertz CT molecular complexity index is 282. The first-order valence-electron chi connectivity index (χ1n) is 6.81. The Kier molecular flexibility index (Phi) is 3.76. The fourth-order valence-corrected chi connectivity index (χ4v) is 2.91. The van der Waals surface area contributed by atoms with Crippen molar-refractivity contribution in [3.63, 3.8) is 0 Å². The third-order valence-electron chi connectivity index (χ3n) is 4.32. The second kappa shape index (κ2) is 4.97. The van der Waals surface area contributed by atoms with Crippen molar-refractivity contribution in [2.24, 2.45) is 11.3 Å². The van der Waals surface area contributed by atoms with E-state index in [-0.39, 0.29) is 0 Å². The summed E-state index contributed by atoms with van der Waals surface area (Å²) in [5.41, 5.74) is 0.327. The van der Waals surface area contributed by atoms with Crippen LogP contribution in [-0.4, -0.2) is 37.1 Å². The summed E-state index contributed by atoms with van der Waals surface area (Å²) < 4.78 is 5.25. The molecule has 0 radical (unpaired) electrons. The van der Waals surface area contributed by atoms with Gasteiger partial charge >= 0.3 is 0 Å². The van der Waals surface area contributed by atoms with Crippen LogP contribution in [0.25, 0.3) is 0 Å². The van der Waals surface area contributed by atoms with Gasteiger partial charge < -0.3 is 9.64 Å². The summed E-state index contributed by atoms with van der Waals surface area (Å²) in [5.74, 6) is 1.08. The summed E-state index contributed by atoms with van der Waals surface area (Å²) in [6.45, 7) is 6.39. The van der Waals surface area contributed by atoms with Gasteiger partial charge in [-0.25, -0.2) is 0 Å². The second-order valence-corrected chi connectivity index (χ2v) is 6.46. The lowest BCUT2D eigenvalue weighted by Crippen LogP contribution is -2.33. The second-order valence-electron chi connectivity index (χ2n) is 6.46. The Hall–Kier alpha value is -0.570. The first-order chi connectivity index (χ1) is 8.00. The van der Waals surface area contributed by atoms with Gasteiger partial charge in [0.2, 0.25) is 5.91 Å². The SMILES string of the molecule is COC1CC(CCC(=O)N2CCC(C)(C)C2)C1. The molecule has 1 aliphatic carbocycles. The van der Waals surface area contributed by atoms with E-state index in [1.165, 1.54) is 0 Å². The molecule has 3 nitrogen and oxygen atoms in total. The van der Waals surface area contributed by atoms with E-state index in [4.69, 9.17) is 4.74 Å². The van der Waals surface area contributed by atoms with E-state index >= 15 is 0 Å². The quantitative estimate of drug-likeness (QED) is 0.754. The van der Waals surface area contributed by atoms with Gasteiger partial charge in [-0.1, -0.05) is 13.8 Å². The lowest BCUT2D eigenvalue weighted by atomic mass is 9.79. The predicted octanol–water partition coefficient (Wildman–Crippen LogP) is 2.45. The number of rotatable bonds is 4. The molecule has 1 amide bonds. The molecule has 0 aromatic carbocycles. The van der Waals surface area contributed by atoms with Crippen LogP contribution in [0.15, 0.2) is 0 Å². The first-order valence-corrected chi connectivity index (χ1v) is 6.81. The van der Waals surface area contributed by atoms with Gasteiger partial charge in [-0.2, -0.15) is 0 Å². The molecule has 2 rings (SSSR count). The van der Waals surface area contributed by atoms with Crippen LogP contribution in [0.3, 0.4) is 0 Å². The number of hydrogen-bond donors (Lipinski definition) is 0. The molecule has 2 fully saturated rings. The van der Waals surface area contributed by atoms with Crippen LogP contribution < -0.4 is 0 Å². The molecule has 0 spiro atoms. The largest absolute Gasteiger partial charge is 0.381 e. The molecule has 1 aliphatic heterocycles. The van der Waals surface area contributed by atoms with Gasteiger partial charge in [0.05, 0.1) is 6.10 Å². The van der Waals surface area contributed by atoms with Gasteiger partial charge in [-0.05, 0) is 37.0 Å². The van der Waals surface area contributed by atoms with Crippen LogP contribution in [-0.2, 0) is 9.53 Å². The molecule has 1 heterocycles. The van der Waals surface area contributed by atoms with Crippen molar-refractivity contribution in [2.75, 3.05) is 20.2 Å². The van der Waals surface area contributed by atoms with E-state index in [0.717, 1.165) is 51.1 Å². The van der Waals surface area contributed by atoms with Crippen molar-refractivity contribution < 1.29 is 9.53 Å². The zero-order valence-corrected chi connectivity index (χ0v) is 11.4. The predicted molar refractivity (Wildman–Crippen MR) is 67.7 cm³/mol. The highest BCUT2D eigenvalue weighted by Crippen LogP contribution is 2.34. The highest BCUT2D eigenvalue weighted by atomic mass is 16.5. The van der Waals surface area contributed by atoms with Gasteiger partial charge in [0.15, 0.2) is 0 Å². The van der Waals surface area contributed by atoms with E-state index in [1.54, 1.807) is 7.11 Å². The van der Waals surface area contributed by atoms with E-state index in [0.29, 0.717) is 17.4 Å². The van der Waals surface area contributed by atoms with Crippen LogP contribution in [0.2, 0.25) is 0 Å². The molecule has 1 saturated carbocycles. The zero-order chi connectivity index (χ0) is 12.5. The fourth-order valence-electron chi connectivity index (χ4n) is 2.91. The molecule has 0 unspecified atom stereocenters. The normalized spacial score (nSPS) is 31.4. The lowest BCUT2D eigenvalue weighted by molar-refractivity contribution is -0.131. The first kappa shape index (κ1) is 12.9. The Labute approximate surface area is 105 Å². The van der Waals surface area contributed by atoms with Crippen molar-refractivity contribution in [1.29, 1.82) is 0 Å². The van der Waals surface area contributed by atoms with Gasteiger partial charge in [0.1, 0.15) is 0 Å².